The molecule has 2 amide bonds. The second-order valence-electron chi connectivity index (χ2n) is 8.62. The molecule has 0 aliphatic heterocycles. The summed E-state index contributed by atoms with van der Waals surface area (Å²) in [6.45, 7) is 2.90. The molecule has 0 saturated heterocycles. The Morgan fingerprint density at radius 2 is 1.93 bits per heavy atom. The third-order valence-electron chi connectivity index (χ3n) is 6.81. The average molecular weight is 376 g/mol. The molecule has 2 rings (SSSR count). The molecular formula is C22H37N3O2. The molecule has 5 N–H and O–H groups in total. The van der Waals surface area contributed by atoms with Crippen molar-refractivity contribution in [3.05, 3.63) is 0 Å². The molecule has 0 heterocycles. The number of amides is 2. The fraction of sp³-hybridized carbons (Fsp3) is 0.818. The van der Waals surface area contributed by atoms with E-state index in [2.05, 4.69) is 18.2 Å². The zero-order valence-electron chi connectivity index (χ0n) is 16.8. The van der Waals surface area contributed by atoms with Crippen LogP contribution in [0.5, 0.6) is 0 Å². The zero-order chi connectivity index (χ0) is 19.8. The van der Waals surface area contributed by atoms with Crippen LogP contribution in [0.15, 0.2) is 0 Å². The second kappa shape index (κ2) is 10.7. The number of hydrogen-bond acceptors (Lipinski definition) is 3. The Morgan fingerprint density at radius 1 is 1.19 bits per heavy atom. The summed E-state index contributed by atoms with van der Waals surface area (Å²) in [5.74, 6) is 5.24. The minimum Gasteiger partial charge on any atom is -0.369 e. The molecule has 5 nitrogen and oxygen atoms in total. The molecule has 0 bridgehead atoms. The van der Waals surface area contributed by atoms with Crippen molar-refractivity contribution in [2.75, 3.05) is 13.1 Å². The number of terminal acetylenes is 1. The number of carbonyl (C=O) groups is 2. The number of carbonyl (C=O) groups excluding carboxylic acids is 2. The third-order valence-corrected chi connectivity index (χ3v) is 6.81. The molecule has 4 unspecified atom stereocenters. The third kappa shape index (κ3) is 6.84. The van der Waals surface area contributed by atoms with Crippen LogP contribution in [0.1, 0.15) is 64.7 Å². The Balaban J connectivity index is 1.93. The monoisotopic (exact) mass is 375 g/mol. The number of primary amides is 1. The van der Waals surface area contributed by atoms with Crippen LogP contribution >= 0.6 is 0 Å². The van der Waals surface area contributed by atoms with Gasteiger partial charge >= 0.3 is 0 Å². The first kappa shape index (κ1) is 21.8. The molecule has 0 radical (unpaired) electrons. The molecule has 0 spiro atoms. The lowest BCUT2D eigenvalue weighted by atomic mass is 9.70. The molecule has 152 valence electrons. The molecule has 27 heavy (non-hydrogen) atoms. The zero-order valence-corrected chi connectivity index (χ0v) is 16.8. The van der Waals surface area contributed by atoms with Crippen molar-refractivity contribution in [2.24, 2.45) is 47.0 Å². The van der Waals surface area contributed by atoms with Gasteiger partial charge in [0.2, 0.25) is 11.8 Å². The largest absolute Gasteiger partial charge is 0.369 e. The van der Waals surface area contributed by atoms with Crippen molar-refractivity contribution in [1.29, 1.82) is 0 Å². The Hall–Kier alpha value is -1.54. The highest BCUT2D eigenvalue weighted by Crippen LogP contribution is 2.42. The van der Waals surface area contributed by atoms with E-state index in [1.807, 2.05) is 0 Å². The van der Waals surface area contributed by atoms with Crippen molar-refractivity contribution < 1.29 is 9.59 Å². The van der Waals surface area contributed by atoms with Gasteiger partial charge in [-0.1, -0.05) is 13.3 Å². The summed E-state index contributed by atoms with van der Waals surface area (Å²) in [6.07, 6.45) is 15.5. The SMILES string of the molecule is C#CC(CC[C@H](CC)C1CC1)CC1CC(C(N)=O)CCC1CNC(=O)CN. The van der Waals surface area contributed by atoms with Gasteiger partial charge < -0.3 is 16.8 Å². The van der Waals surface area contributed by atoms with Gasteiger partial charge in [-0.05, 0) is 75.0 Å². The first-order valence-electron chi connectivity index (χ1n) is 10.7. The first-order chi connectivity index (χ1) is 13.0. The van der Waals surface area contributed by atoms with Gasteiger partial charge in [-0.3, -0.25) is 9.59 Å². The lowest BCUT2D eigenvalue weighted by Crippen LogP contribution is -2.40. The van der Waals surface area contributed by atoms with Crippen LogP contribution in [-0.4, -0.2) is 24.9 Å². The number of hydrogen-bond donors (Lipinski definition) is 3. The smallest absolute Gasteiger partial charge is 0.233 e. The van der Waals surface area contributed by atoms with Gasteiger partial charge in [0.05, 0.1) is 6.54 Å². The minimum atomic E-state index is -0.207. The summed E-state index contributed by atoms with van der Waals surface area (Å²) < 4.78 is 0. The Morgan fingerprint density at radius 3 is 2.48 bits per heavy atom. The van der Waals surface area contributed by atoms with Gasteiger partial charge in [-0.15, -0.1) is 12.3 Å². The van der Waals surface area contributed by atoms with E-state index < -0.39 is 0 Å². The van der Waals surface area contributed by atoms with Crippen LogP contribution in [0.4, 0.5) is 0 Å². The van der Waals surface area contributed by atoms with Crippen LogP contribution in [0.25, 0.3) is 0 Å². The molecule has 0 aromatic carbocycles. The van der Waals surface area contributed by atoms with Crippen LogP contribution in [0.2, 0.25) is 0 Å². The van der Waals surface area contributed by atoms with Crippen molar-refractivity contribution >= 4 is 11.8 Å². The maximum absolute atomic E-state index is 11.7. The van der Waals surface area contributed by atoms with Gasteiger partial charge in [-0.2, -0.15) is 0 Å². The van der Waals surface area contributed by atoms with E-state index in [1.165, 1.54) is 25.7 Å². The van der Waals surface area contributed by atoms with Gasteiger partial charge in [0.15, 0.2) is 0 Å². The molecule has 5 heteroatoms. The van der Waals surface area contributed by atoms with Crippen molar-refractivity contribution in [3.8, 4) is 12.3 Å². The Kier molecular flexibility index (Phi) is 8.63. The molecule has 0 aromatic rings. The quantitative estimate of drug-likeness (QED) is 0.484. The lowest BCUT2D eigenvalue weighted by molar-refractivity contribution is -0.124. The summed E-state index contributed by atoms with van der Waals surface area (Å²) in [7, 11) is 0. The summed E-state index contributed by atoms with van der Waals surface area (Å²) in [6, 6.07) is 0. The van der Waals surface area contributed by atoms with Crippen molar-refractivity contribution in [2.45, 2.75) is 64.7 Å². The number of rotatable bonds is 11. The number of nitrogens with two attached hydrogens (primary N) is 2. The highest BCUT2D eigenvalue weighted by atomic mass is 16.2. The fourth-order valence-electron chi connectivity index (χ4n) is 4.85. The van der Waals surface area contributed by atoms with Crippen LogP contribution < -0.4 is 16.8 Å². The highest BCUT2D eigenvalue weighted by molar-refractivity contribution is 5.78. The topological polar surface area (TPSA) is 98.2 Å². The molecule has 2 aliphatic carbocycles. The minimum absolute atomic E-state index is 0.00779. The van der Waals surface area contributed by atoms with E-state index in [9.17, 15) is 9.59 Å². The number of nitrogens with one attached hydrogen (secondary N) is 1. The van der Waals surface area contributed by atoms with E-state index in [0.29, 0.717) is 18.4 Å². The molecule has 2 fully saturated rings. The highest BCUT2D eigenvalue weighted by Gasteiger charge is 2.35. The van der Waals surface area contributed by atoms with E-state index >= 15 is 0 Å². The lowest BCUT2D eigenvalue weighted by Gasteiger charge is -2.36. The fourth-order valence-corrected chi connectivity index (χ4v) is 4.85. The maximum atomic E-state index is 11.7. The van der Waals surface area contributed by atoms with E-state index in [0.717, 1.165) is 43.9 Å². The van der Waals surface area contributed by atoms with Gasteiger partial charge in [0.25, 0.3) is 0 Å². The Bertz CT molecular complexity index is 538. The van der Waals surface area contributed by atoms with Crippen LogP contribution in [-0.2, 0) is 9.59 Å². The van der Waals surface area contributed by atoms with Crippen LogP contribution in [0.3, 0.4) is 0 Å². The van der Waals surface area contributed by atoms with Gasteiger partial charge in [0.1, 0.15) is 0 Å². The maximum Gasteiger partial charge on any atom is 0.233 e. The Labute approximate surface area is 164 Å². The summed E-state index contributed by atoms with van der Waals surface area (Å²) in [5.41, 5.74) is 11.0. The van der Waals surface area contributed by atoms with Gasteiger partial charge in [-0.25, -0.2) is 0 Å². The first-order valence-corrected chi connectivity index (χ1v) is 10.7. The molecular weight excluding hydrogens is 338 g/mol. The summed E-state index contributed by atoms with van der Waals surface area (Å²) in [5, 5.41) is 2.92. The van der Waals surface area contributed by atoms with E-state index in [4.69, 9.17) is 17.9 Å². The van der Waals surface area contributed by atoms with Crippen molar-refractivity contribution in [1.82, 2.24) is 5.32 Å². The standard InChI is InChI=1S/C22H37N3O2/c1-3-15(5-6-16(4-2)17-7-8-17)11-20-12-18(22(24)27)9-10-19(20)14-25-21(26)13-23/h1,15-20H,4-14,23H2,2H3,(H2,24,27)(H,25,26)/t15?,16-,18?,19?,20?/m0/s1. The molecule has 2 aliphatic rings. The van der Waals surface area contributed by atoms with Crippen molar-refractivity contribution in [3.63, 3.8) is 0 Å². The predicted octanol–water partition coefficient (Wildman–Crippen LogP) is 2.44. The predicted molar refractivity (Wildman–Crippen MR) is 108 cm³/mol. The van der Waals surface area contributed by atoms with E-state index in [-0.39, 0.29) is 30.2 Å². The normalized spacial score (nSPS) is 27.4. The molecule has 0 aromatic heterocycles. The summed E-state index contributed by atoms with van der Waals surface area (Å²) >= 11 is 0. The van der Waals surface area contributed by atoms with Crippen LogP contribution in [0, 0.1) is 47.9 Å². The summed E-state index contributed by atoms with van der Waals surface area (Å²) in [4.78, 5) is 23.3. The van der Waals surface area contributed by atoms with Gasteiger partial charge in [0, 0.05) is 18.4 Å². The molecule has 2 saturated carbocycles. The molecule has 5 atom stereocenters. The average Bonchev–Trinajstić information content (AvgIpc) is 3.51. The van der Waals surface area contributed by atoms with E-state index in [1.54, 1.807) is 0 Å². The second-order valence-corrected chi connectivity index (χ2v) is 8.62.